The van der Waals surface area contributed by atoms with Crippen molar-refractivity contribution in [3.05, 3.63) is 36.5 Å². The van der Waals surface area contributed by atoms with Crippen LogP contribution in [0.2, 0.25) is 0 Å². The van der Waals surface area contributed by atoms with E-state index in [1.807, 2.05) is 6.08 Å². The molecule has 0 bridgehead atoms. The van der Waals surface area contributed by atoms with Crippen molar-refractivity contribution in [2.75, 3.05) is 26.4 Å². The highest BCUT2D eigenvalue weighted by Crippen LogP contribution is 2.39. The Bertz CT molecular complexity index is 2180. The maximum absolute atomic E-state index is 13.5. The summed E-state index contributed by atoms with van der Waals surface area (Å²) < 4.78 is 34.9. The van der Waals surface area contributed by atoms with Gasteiger partial charge in [0.2, 0.25) is 11.8 Å². The number of carboxylic acids is 1. The van der Waals surface area contributed by atoms with Crippen molar-refractivity contribution >= 4 is 17.8 Å². The van der Waals surface area contributed by atoms with Gasteiger partial charge in [-0.25, -0.2) is 4.79 Å². The van der Waals surface area contributed by atoms with Crippen LogP contribution in [0.5, 0.6) is 0 Å². The molecule has 3 rings (SSSR count). The van der Waals surface area contributed by atoms with Crippen molar-refractivity contribution in [3.63, 3.8) is 0 Å². The summed E-state index contributed by atoms with van der Waals surface area (Å²) in [6.07, 6.45) is 36.3. The topological polar surface area (TPSA) is 373 Å². The number of aliphatic carboxylic acids is 1. The summed E-state index contributed by atoms with van der Waals surface area (Å²) >= 11 is 0. The van der Waals surface area contributed by atoms with Crippen LogP contribution in [0.3, 0.4) is 0 Å². The number of nitrogens with one attached hydrogen (secondary N) is 2. The summed E-state index contributed by atoms with van der Waals surface area (Å²) in [4.78, 5) is 38.7. The predicted octanol–water partition coefficient (Wildman–Crippen LogP) is 10.5. The summed E-state index contributed by atoms with van der Waals surface area (Å²) in [5.41, 5.74) is 0. The molecule has 3 aliphatic rings. The average Bonchev–Trinajstić information content (AvgIpc) is 0.756. The molecule has 596 valence electrons. The van der Waals surface area contributed by atoms with Crippen molar-refractivity contribution in [1.29, 1.82) is 0 Å². The van der Waals surface area contributed by atoms with Crippen LogP contribution in [-0.2, 0) is 42.8 Å². The third-order valence-corrected chi connectivity index (χ3v) is 20.3. The van der Waals surface area contributed by atoms with Crippen LogP contribution in [0.4, 0.5) is 0 Å². The first kappa shape index (κ1) is 93.2. The molecule has 0 saturated carbocycles. The molecular formula is C79H144N2O21. The molecule has 0 aliphatic carbocycles. The van der Waals surface area contributed by atoms with Crippen molar-refractivity contribution in [1.82, 2.24) is 10.6 Å². The minimum Gasteiger partial charge on any atom is -0.477 e. The van der Waals surface area contributed by atoms with E-state index in [4.69, 9.17) is 28.4 Å². The molecule has 3 aliphatic heterocycles. The van der Waals surface area contributed by atoms with Gasteiger partial charge in [-0.1, -0.05) is 275 Å². The number of hydrogen-bond donors (Lipinski definition) is 14. The molecule has 3 fully saturated rings. The molecule has 18 unspecified atom stereocenters. The maximum atomic E-state index is 13.5. The second-order valence-electron chi connectivity index (χ2n) is 29.3. The predicted molar refractivity (Wildman–Crippen MR) is 394 cm³/mol. The van der Waals surface area contributed by atoms with E-state index in [-0.39, 0.29) is 12.3 Å². The second-order valence-corrected chi connectivity index (χ2v) is 29.3. The highest BCUT2D eigenvalue weighted by Gasteiger charge is 2.60. The SMILES string of the molecule is CCCCCCCCCCC/C=C\C/C=C\CCCCCCCCCCCCCCCCCCCC(=O)NC(COC1OC(CO)C(OC2OC(CO)C(O)C(OC3(C(=O)O)CC(O)C(NC(C)=O)C(C(O)C(O)CO)O3)C2O)C(O)C1O)C(O)/C=C/CCCCCCCCCCCCCCC. The Morgan fingerprint density at radius 2 is 0.951 bits per heavy atom. The molecule has 0 aromatic heterocycles. The molecule has 0 aromatic rings. The minimum atomic E-state index is -3.08. The van der Waals surface area contributed by atoms with E-state index in [1.165, 1.54) is 212 Å². The molecule has 23 heteroatoms. The fraction of sp³-hybridized carbons (Fsp3) is 0.886. The van der Waals surface area contributed by atoms with E-state index in [2.05, 4.69) is 48.8 Å². The number of allylic oxidation sites excluding steroid dienone is 5. The molecule has 0 aromatic carbocycles. The number of unbranched alkanes of at least 4 members (excludes halogenated alkanes) is 39. The zero-order valence-electron chi connectivity index (χ0n) is 63.0. The molecule has 0 spiro atoms. The van der Waals surface area contributed by atoms with Gasteiger partial charge in [-0.3, -0.25) is 9.59 Å². The van der Waals surface area contributed by atoms with Crippen LogP contribution >= 0.6 is 0 Å². The molecule has 14 N–H and O–H groups in total. The Hall–Kier alpha value is -3.05. The van der Waals surface area contributed by atoms with Gasteiger partial charge in [0.25, 0.3) is 5.79 Å². The Kier molecular flexibility index (Phi) is 53.0. The first-order chi connectivity index (χ1) is 49.4. The van der Waals surface area contributed by atoms with Crippen LogP contribution in [0.1, 0.15) is 310 Å². The lowest BCUT2D eigenvalue weighted by Gasteiger charge is -2.50. The van der Waals surface area contributed by atoms with Gasteiger partial charge in [0.15, 0.2) is 12.6 Å². The van der Waals surface area contributed by atoms with Crippen LogP contribution in [0.15, 0.2) is 36.5 Å². The van der Waals surface area contributed by atoms with E-state index in [0.717, 1.165) is 58.3 Å². The largest absolute Gasteiger partial charge is 0.477 e. The Morgan fingerprint density at radius 3 is 1.38 bits per heavy atom. The average molecular weight is 1460 g/mol. The molecule has 0 radical (unpaired) electrons. The summed E-state index contributed by atoms with van der Waals surface area (Å²) in [7, 11) is 0. The fourth-order valence-electron chi connectivity index (χ4n) is 13.9. The van der Waals surface area contributed by atoms with Crippen molar-refractivity contribution in [2.45, 2.75) is 420 Å². The van der Waals surface area contributed by atoms with Gasteiger partial charge in [-0.2, -0.15) is 0 Å². The van der Waals surface area contributed by atoms with Gasteiger partial charge in [-0.15, -0.1) is 0 Å². The quantitative estimate of drug-likeness (QED) is 0.0199. The fourth-order valence-corrected chi connectivity index (χ4v) is 13.9. The van der Waals surface area contributed by atoms with Crippen molar-refractivity contribution in [2.24, 2.45) is 0 Å². The van der Waals surface area contributed by atoms with Gasteiger partial charge in [0, 0.05) is 19.8 Å². The van der Waals surface area contributed by atoms with Gasteiger partial charge < -0.3 is 100 Å². The normalized spacial score (nSPS) is 26.8. The van der Waals surface area contributed by atoms with E-state index in [1.54, 1.807) is 6.08 Å². The number of carbonyl (C=O) groups excluding carboxylic acids is 2. The smallest absolute Gasteiger partial charge is 0.364 e. The monoisotopic (exact) mass is 1460 g/mol. The maximum Gasteiger partial charge on any atom is 0.364 e. The van der Waals surface area contributed by atoms with Gasteiger partial charge in [0.05, 0.1) is 50.7 Å². The van der Waals surface area contributed by atoms with Crippen LogP contribution in [0.25, 0.3) is 0 Å². The first-order valence-electron chi connectivity index (χ1n) is 40.4. The Balaban J connectivity index is 1.46. The zero-order valence-corrected chi connectivity index (χ0v) is 63.0. The third kappa shape index (κ3) is 38.2. The number of amides is 2. The summed E-state index contributed by atoms with van der Waals surface area (Å²) in [6, 6.07) is -2.62. The molecule has 2 amide bonds. The van der Waals surface area contributed by atoms with E-state index >= 15 is 0 Å². The Labute approximate surface area is 612 Å². The number of aliphatic hydroxyl groups excluding tert-OH is 11. The minimum absolute atomic E-state index is 0.201. The summed E-state index contributed by atoms with van der Waals surface area (Å²) in [5.74, 6) is -6.14. The van der Waals surface area contributed by atoms with Crippen LogP contribution < -0.4 is 10.6 Å². The number of aliphatic hydroxyl groups is 11. The lowest BCUT2D eigenvalue weighted by molar-refractivity contribution is -0.386. The number of carboxylic acid groups (broad SMARTS) is 1. The van der Waals surface area contributed by atoms with Crippen LogP contribution in [-0.4, -0.2) is 215 Å². The van der Waals surface area contributed by atoms with Crippen molar-refractivity contribution < 1.29 is 104 Å². The molecule has 18 atom stereocenters. The van der Waals surface area contributed by atoms with Gasteiger partial charge in [0.1, 0.15) is 67.1 Å². The Morgan fingerprint density at radius 1 is 0.520 bits per heavy atom. The number of carbonyl (C=O) groups is 3. The first-order valence-corrected chi connectivity index (χ1v) is 40.4. The van der Waals surface area contributed by atoms with Gasteiger partial charge >= 0.3 is 5.97 Å². The summed E-state index contributed by atoms with van der Waals surface area (Å²) in [6.45, 7) is 2.16. The highest BCUT2D eigenvalue weighted by atomic mass is 16.8. The molecule has 23 nitrogen and oxygen atoms in total. The van der Waals surface area contributed by atoms with E-state index in [9.17, 15) is 75.7 Å². The lowest BCUT2D eigenvalue weighted by atomic mass is 9.88. The molecule has 3 saturated heterocycles. The second kappa shape index (κ2) is 58.0. The third-order valence-electron chi connectivity index (χ3n) is 20.3. The van der Waals surface area contributed by atoms with Crippen molar-refractivity contribution in [3.8, 4) is 0 Å². The highest BCUT2D eigenvalue weighted by molar-refractivity contribution is 5.77. The standard InChI is InChI=1S/C79H144N2O21/c1-4-6-8-10-12-14-16-18-20-21-22-23-24-25-26-27-28-29-30-31-32-33-34-35-36-37-39-41-43-45-47-49-51-53-66(89)81-60(61(86)52-50-48-46-44-42-40-38-19-17-15-13-11-9-7-5-2)58-97-76-71(93)70(92)73(65(57-84)99-76)100-77-72(94)75(69(91)64(56-83)98-77)102-79(78(95)96)54-62(87)67(80-59(3)85)74(101-79)68(90)63(88)55-82/h22-23,25-26,50,52,60-65,67-77,82-84,86-88,90-94H,4-21,24,27-49,51,53-58H2,1-3H3,(H,80,85)(H,81,89)(H,95,96)/b23-22-,26-25-,52-50+. The number of ether oxygens (including phenoxy) is 6. The molecule has 102 heavy (non-hydrogen) atoms. The lowest BCUT2D eigenvalue weighted by Crippen LogP contribution is -2.70. The number of hydrogen-bond acceptors (Lipinski definition) is 20. The molecule has 3 heterocycles. The molecular weight excluding hydrogens is 1310 g/mol. The number of rotatable bonds is 63. The van der Waals surface area contributed by atoms with Crippen LogP contribution in [0, 0.1) is 0 Å². The van der Waals surface area contributed by atoms with E-state index in [0.29, 0.717) is 12.8 Å². The zero-order chi connectivity index (χ0) is 74.6. The van der Waals surface area contributed by atoms with E-state index < -0.39 is 155 Å². The van der Waals surface area contributed by atoms with Gasteiger partial charge in [-0.05, 0) is 51.4 Å². The summed E-state index contributed by atoms with van der Waals surface area (Å²) in [5, 5.41) is 136.